The van der Waals surface area contributed by atoms with Gasteiger partial charge in [-0.1, -0.05) is 30.3 Å². The third kappa shape index (κ3) is 5.79. The lowest BCUT2D eigenvalue weighted by Crippen LogP contribution is -2.41. The monoisotopic (exact) mass is 442 g/mol. The van der Waals surface area contributed by atoms with Crippen molar-refractivity contribution in [3.63, 3.8) is 0 Å². The van der Waals surface area contributed by atoms with Crippen LogP contribution in [0.5, 0.6) is 0 Å². The summed E-state index contributed by atoms with van der Waals surface area (Å²) in [6.45, 7) is 1.47. The lowest BCUT2D eigenvalue weighted by Gasteiger charge is -2.26. The van der Waals surface area contributed by atoms with E-state index in [2.05, 4.69) is 64.0 Å². The van der Waals surface area contributed by atoms with Crippen LogP contribution in [0.4, 0.5) is 0 Å². The number of likely N-dealkylation sites (N-methyl/N-ethyl adjacent to an activating group) is 1. The molecule has 1 aromatic carbocycles. The minimum atomic E-state index is 0. The molecule has 0 aliphatic rings. The molecule has 0 amide bonds. The third-order valence-corrected chi connectivity index (χ3v) is 3.85. The van der Waals surface area contributed by atoms with Gasteiger partial charge < -0.3 is 15.5 Å². The van der Waals surface area contributed by atoms with E-state index in [9.17, 15) is 0 Å². The van der Waals surface area contributed by atoms with Gasteiger partial charge in [0.25, 0.3) is 0 Å². The number of aliphatic imine (C=N–C) groups is 1. The summed E-state index contributed by atoms with van der Waals surface area (Å²) in [5.74, 6) is 0.786. The van der Waals surface area contributed by atoms with E-state index in [1.165, 1.54) is 5.56 Å². The SMILES string of the molecule is CN=C(NCc1ccnn1C)NCC(c1ccccc1)N(C)C.I. The second kappa shape index (κ2) is 10.3. The average Bonchev–Trinajstić information content (AvgIpc) is 2.96. The van der Waals surface area contributed by atoms with E-state index in [1.54, 1.807) is 13.2 Å². The van der Waals surface area contributed by atoms with Crippen LogP contribution in [0, 0.1) is 0 Å². The van der Waals surface area contributed by atoms with Gasteiger partial charge in [-0.3, -0.25) is 9.67 Å². The van der Waals surface area contributed by atoms with Gasteiger partial charge in [0.05, 0.1) is 18.3 Å². The smallest absolute Gasteiger partial charge is 0.191 e. The summed E-state index contributed by atoms with van der Waals surface area (Å²) < 4.78 is 1.85. The molecule has 7 heteroatoms. The predicted molar refractivity (Wildman–Crippen MR) is 110 cm³/mol. The van der Waals surface area contributed by atoms with Crippen LogP contribution < -0.4 is 10.6 Å². The first-order valence-corrected chi connectivity index (χ1v) is 7.74. The number of halogens is 1. The third-order valence-electron chi connectivity index (χ3n) is 3.85. The second-order valence-corrected chi connectivity index (χ2v) is 5.64. The lowest BCUT2D eigenvalue weighted by atomic mass is 10.1. The summed E-state index contributed by atoms with van der Waals surface area (Å²) in [6.07, 6.45) is 1.80. The Morgan fingerprint density at radius 1 is 1.21 bits per heavy atom. The first-order valence-electron chi connectivity index (χ1n) is 7.74. The van der Waals surface area contributed by atoms with E-state index >= 15 is 0 Å². The molecule has 0 spiro atoms. The molecule has 0 radical (unpaired) electrons. The van der Waals surface area contributed by atoms with E-state index in [1.807, 2.05) is 23.9 Å². The standard InChI is InChI=1S/C17H26N6.HI/c1-18-17(19-12-15-10-11-21-23(15)4)20-13-16(22(2)3)14-8-6-5-7-9-14;/h5-11,16H,12-13H2,1-4H3,(H2,18,19,20);1H. The Hall–Kier alpha value is -1.61. The van der Waals surface area contributed by atoms with E-state index in [0.29, 0.717) is 6.54 Å². The molecule has 2 rings (SSSR count). The van der Waals surface area contributed by atoms with Crippen molar-refractivity contribution in [3.05, 3.63) is 53.9 Å². The Morgan fingerprint density at radius 3 is 2.46 bits per heavy atom. The van der Waals surface area contributed by atoms with Crippen molar-refractivity contribution in [3.8, 4) is 0 Å². The molecule has 1 atom stereocenters. The predicted octanol–water partition coefficient (Wildman–Crippen LogP) is 2.01. The van der Waals surface area contributed by atoms with Crippen LogP contribution >= 0.6 is 24.0 Å². The normalized spacial score (nSPS) is 12.6. The van der Waals surface area contributed by atoms with Gasteiger partial charge >= 0.3 is 0 Å². The summed E-state index contributed by atoms with van der Waals surface area (Å²) in [7, 11) is 7.90. The van der Waals surface area contributed by atoms with Gasteiger partial charge in [-0.25, -0.2) is 0 Å². The summed E-state index contributed by atoms with van der Waals surface area (Å²) in [5.41, 5.74) is 2.40. The Kier molecular flexibility index (Phi) is 8.77. The molecule has 0 aliphatic heterocycles. The van der Waals surface area contributed by atoms with Crippen LogP contribution in [-0.4, -0.2) is 48.3 Å². The van der Waals surface area contributed by atoms with Crippen LogP contribution in [-0.2, 0) is 13.6 Å². The first kappa shape index (κ1) is 20.4. The number of aryl methyl sites for hydroxylation is 1. The fourth-order valence-corrected chi connectivity index (χ4v) is 2.44. The lowest BCUT2D eigenvalue weighted by molar-refractivity contribution is 0.298. The average molecular weight is 442 g/mol. The maximum absolute atomic E-state index is 4.29. The van der Waals surface area contributed by atoms with Crippen molar-refractivity contribution in [1.82, 2.24) is 25.3 Å². The van der Waals surface area contributed by atoms with Gasteiger partial charge in [0.15, 0.2) is 5.96 Å². The van der Waals surface area contributed by atoms with Gasteiger partial charge in [0, 0.05) is 26.8 Å². The first-order chi connectivity index (χ1) is 11.1. The molecule has 2 N–H and O–H groups in total. The highest BCUT2D eigenvalue weighted by Crippen LogP contribution is 2.16. The van der Waals surface area contributed by atoms with E-state index in [-0.39, 0.29) is 30.0 Å². The number of guanidine groups is 1. The molecule has 0 aliphatic carbocycles. The van der Waals surface area contributed by atoms with Crippen molar-refractivity contribution < 1.29 is 0 Å². The Labute approximate surface area is 161 Å². The largest absolute Gasteiger partial charge is 0.354 e. The number of benzene rings is 1. The number of rotatable bonds is 6. The fourth-order valence-electron chi connectivity index (χ4n) is 2.44. The summed E-state index contributed by atoms with van der Waals surface area (Å²) >= 11 is 0. The molecular formula is C17H27IN6. The number of hydrogen-bond donors (Lipinski definition) is 2. The van der Waals surface area contributed by atoms with Crippen LogP contribution in [0.15, 0.2) is 47.6 Å². The number of nitrogens with one attached hydrogen (secondary N) is 2. The van der Waals surface area contributed by atoms with Crippen LogP contribution in [0.3, 0.4) is 0 Å². The molecule has 0 saturated carbocycles. The molecule has 1 unspecified atom stereocenters. The Bertz CT molecular complexity index is 623. The molecular weight excluding hydrogens is 415 g/mol. The van der Waals surface area contributed by atoms with Gasteiger partial charge in [0.2, 0.25) is 0 Å². The summed E-state index contributed by atoms with van der Waals surface area (Å²) in [4.78, 5) is 6.49. The van der Waals surface area contributed by atoms with Crippen molar-refractivity contribution in [2.24, 2.45) is 12.0 Å². The van der Waals surface area contributed by atoms with E-state index in [0.717, 1.165) is 18.2 Å². The van der Waals surface area contributed by atoms with Crippen LogP contribution in [0.1, 0.15) is 17.3 Å². The van der Waals surface area contributed by atoms with Crippen LogP contribution in [0.25, 0.3) is 0 Å². The van der Waals surface area contributed by atoms with E-state index < -0.39 is 0 Å². The van der Waals surface area contributed by atoms with Gasteiger partial charge in [-0.15, -0.1) is 24.0 Å². The zero-order valence-corrected chi connectivity index (χ0v) is 17.1. The van der Waals surface area contributed by atoms with Crippen molar-refractivity contribution >= 4 is 29.9 Å². The van der Waals surface area contributed by atoms with Gasteiger partial charge in [0.1, 0.15) is 0 Å². The molecule has 0 bridgehead atoms. The van der Waals surface area contributed by atoms with Crippen molar-refractivity contribution in [1.29, 1.82) is 0 Å². The zero-order valence-electron chi connectivity index (χ0n) is 14.7. The van der Waals surface area contributed by atoms with Crippen molar-refractivity contribution in [2.75, 3.05) is 27.7 Å². The molecule has 2 aromatic rings. The van der Waals surface area contributed by atoms with Gasteiger partial charge in [-0.2, -0.15) is 5.10 Å². The maximum atomic E-state index is 4.29. The molecule has 1 aromatic heterocycles. The highest BCUT2D eigenvalue weighted by atomic mass is 127. The molecule has 0 fully saturated rings. The second-order valence-electron chi connectivity index (χ2n) is 5.64. The molecule has 132 valence electrons. The molecule has 6 nitrogen and oxygen atoms in total. The Morgan fingerprint density at radius 2 is 1.92 bits per heavy atom. The minimum absolute atomic E-state index is 0. The zero-order chi connectivity index (χ0) is 16.7. The summed E-state index contributed by atoms with van der Waals surface area (Å²) in [6, 6.07) is 12.8. The highest BCUT2D eigenvalue weighted by molar-refractivity contribution is 14.0. The molecule has 24 heavy (non-hydrogen) atoms. The number of hydrogen-bond acceptors (Lipinski definition) is 3. The summed E-state index contributed by atoms with van der Waals surface area (Å²) in [5, 5.41) is 10.9. The number of nitrogens with zero attached hydrogens (tertiary/aromatic N) is 4. The fraction of sp³-hybridized carbons (Fsp3) is 0.412. The minimum Gasteiger partial charge on any atom is -0.354 e. The highest BCUT2D eigenvalue weighted by Gasteiger charge is 2.14. The van der Waals surface area contributed by atoms with Crippen LogP contribution in [0.2, 0.25) is 0 Å². The van der Waals surface area contributed by atoms with Gasteiger partial charge in [-0.05, 0) is 25.7 Å². The quantitative estimate of drug-likeness (QED) is 0.409. The molecule has 1 heterocycles. The number of aromatic nitrogens is 2. The van der Waals surface area contributed by atoms with Crippen molar-refractivity contribution in [2.45, 2.75) is 12.6 Å². The maximum Gasteiger partial charge on any atom is 0.191 e. The topological polar surface area (TPSA) is 57.5 Å². The van der Waals surface area contributed by atoms with E-state index in [4.69, 9.17) is 0 Å². The molecule has 0 saturated heterocycles. The Balaban J connectivity index is 0.00000288.